The first-order valence-corrected chi connectivity index (χ1v) is 9.75. The van der Waals surface area contributed by atoms with Crippen molar-refractivity contribution in [2.45, 2.75) is 33.7 Å². The van der Waals surface area contributed by atoms with Crippen molar-refractivity contribution in [2.75, 3.05) is 26.7 Å². The van der Waals surface area contributed by atoms with Crippen LogP contribution in [0.15, 0.2) is 44.8 Å². The van der Waals surface area contributed by atoms with Gasteiger partial charge in [-0.25, -0.2) is 0 Å². The Labute approximate surface area is 145 Å². The van der Waals surface area contributed by atoms with Crippen molar-refractivity contribution in [2.24, 2.45) is 0 Å². The zero-order valence-corrected chi connectivity index (χ0v) is 14.8. The molecular weight excluding hydrogens is 326 g/mol. The standard InChI is InChI=1S/C18H21NO2S2/c1-19(7-8-20)11-12-10-15-13-4-2-3-5-16(13)23-18-14(6-9-22-18)17(15)21-12/h2-6,9,12,15,17,20H,7-8,10-11H2,1H3. The minimum Gasteiger partial charge on any atom is -0.395 e. The number of aliphatic hydroxyl groups excluding tert-OH is 1. The molecule has 1 aromatic heterocycles. The molecule has 3 heterocycles. The van der Waals surface area contributed by atoms with E-state index >= 15 is 0 Å². The van der Waals surface area contributed by atoms with Crippen molar-refractivity contribution < 1.29 is 9.84 Å². The monoisotopic (exact) mass is 347 g/mol. The van der Waals surface area contributed by atoms with Crippen molar-refractivity contribution in [1.82, 2.24) is 4.90 Å². The van der Waals surface area contributed by atoms with Gasteiger partial charge >= 0.3 is 0 Å². The van der Waals surface area contributed by atoms with Crippen LogP contribution in [0.5, 0.6) is 0 Å². The average molecular weight is 348 g/mol. The SMILES string of the molecule is CN(CCO)CC1CC2c3ccccc3Sc3sccc3C2O1. The Kier molecular flexibility index (Phi) is 4.48. The Morgan fingerprint density at radius 1 is 1.26 bits per heavy atom. The molecule has 0 amide bonds. The Balaban J connectivity index is 1.65. The lowest BCUT2D eigenvalue weighted by atomic mass is 9.88. The normalized spacial score (nSPS) is 25.8. The zero-order valence-electron chi connectivity index (χ0n) is 13.1. The van der Waals surface area contributed by atoms with E-state index in [0.29, 0.717) is 12.5 Å². The van der Waals surface area contributed by atoms with Gasteiger partial charge < -0.3 is 14.7 Å². The molecule has 2 aliphatic rings. The van der Waals surface area contributed by atoms with E-state index in [2.05, 4.69) is 40.6 Å². The molecule has 23 heavy (non-hydrogen) atoms. The number of hydrogen-bond acceptors (Lipinski definition) is 5. The van der Waals surface area contributed by atoms with E-state index in [-0.39, 0.29) is 18.8 Å². The van der Waals surface area contributed by atoms with Crippen LogP contribution in [0.4, 0.5) is 0 Å². The number of thiophene rings is 1. The topological polar surface area (TPSA) is 32.7 Å². The number of fused-ring (bicyclic) bond motifs is 5. The maximum atomic E-state index is 9.10. The quantitative estimate of drug-likeness (QED) is 0.913. The van der Waals surface area contributed by atoms with Gasteiger partial charge in [0.05, 0.1) is 23.0 Å². The first-order valence-electron chi connectivity index (χ1n) is 8.05. The van der Waals surface area contributed by atoms with Crippen molar-refractivity contribution in [3.63, 3.8) is 0 Å². The number of ether oxygens (including phenoxy) is 1. The number of nitrogens with zero attached hydrogens (tertiary/aromatic N) is 1. The second-order valence-corrected chi connectivity index (χ2v) is 8.54. The second kappa shape index (κ2) is 6.57. The number of hydrogen-bond donors (Lipinski definition) is 1. The Hall–Kier alpha value is -0.850. The Bertz CT molecular complexity index is 687. The smallest absolute Gasteiger partial charge is 0.0918 e. The molecular formula is C18H21NO2S2. The van der Waals surface area contributed by atoms with E-state index in [1.165, 1.54) is 20.2 Å². The highest BCUT2D eigenvalue weighted by Gasteiger charge is 2.41. The Morgan fingerprint density at radius 2 is 2.13 bits per heavy atom. The van der Waals surface area contributed by atoms with E-state index in [0.717, 1.165) is 13.0 Å². The van der Waals surface area contributed by atoms with Gasteiger partial charge in [0, 0.05) is 29.5 Å². The lowest BCUT2D eigenvalue weighted by Crippen LogP contribution is -2.31. The highest BCUT2D eigenvalue weighted by Crippen LogP contribution is 2.54. The first-order chi connectivity index (χ1) is 11.3. The fraction of sp³-hybridized carbons (Fsp3) is 0.444. The summed E-state index contributed by atoms with van der Waals surface area (Å²) >= 11 is 3.70. The first kappa shape index (κ1) is 15.7. The molecule has 1 saturated heterocycles. The fourth-order valence-electron chi connectivity index (χ4n) is 3.65. The van der Waals surface area contributed by atoms with Crippen LogP contribution in [0.1, 0.15) is 29.6 Å². The summed E-state index contributed by atoms with van der Waals surface area (Å²) < 4.78 is 7.84. The molecule has 1 N–H and O–H groups in total. The van der Waals surface area contributed by atoms with E-state index in [1.807, 2.05) is 30.1 Å². The van der Waals surface area contributed by atoms with Crippen molar-refractivity contribution in [1.29, 1.82) is 0 Å². The summed E-state index contributed by atoms with van der Waals surface area (Å²) in [6.45, 7) is 1.78. The van der Waals surface area contributed by atoms with Crippen molar-refractivity contribution >= 4 is 23.1 Å². The van der Waals surface area contributed by atoms with Crippen LogP contribution < -0.4 is 0 Å². The van der Waals surface area contributed by atoms with Gasteiger partial charge in [-0.2, -0.15) is 0 Å². The highest BCUT2D eigenvalue weighted by atomic mass is 32.2. The van der Waals surface area contributed by atoms with Crippen molar-refractivity contribution in [3.8, 4) is 0 Å². The van der Waals surface area contributed by atoms with Crippen molar-refractivity contribution in [3.05, 3.63) is 46.8 Å². The summed E-state index contributed by atoms with van der Waals surface area (Å²) in [5, 5.41) is 11.3. The molecule has 2 aromatic rings. The lowest BCUT2D eigenvalue weighted by Gasteiger charge is -2.20. The summed E-state index contributed by atoms with van der Waals surface area (Å²) in [7, 11) is 2.05. The lowest BCUT2D eigenvalue weighted by molar-refractivity contribution is 0.0207. The van der Waals surface area contributed by atoms with E-state index in [4.69, 9.17) is 9.84 Å². The van der Waals surface area contributed by atoms with Gasteiger partial charge in [0.2, 0.25) is 0 Å². The third-order valence-corrected chi connectivity index (χ3v) is 6.98. The molecule has 1 aromatic carbocycles. The van der Waals surface area contributed by atoms with Crippen LogP contribution in [0.2, 0.25) is 0 Å². The molecule has 0 radical (unpaired) electrons. The van der Waals surface area contributed by atoms with Crippen LogP contribution >= 0.6 is 23.1 Å². The summed E-state index contributed by atoms with van der Waals surface area (Å²) in [5.74, 6) is 0.432. The maximum Gasteiger partial charge on any atom is 0.0918 e. The predicted molar refractivity (Wildman–Crippen MR) is 94.4 cm³/mol. The summed E-state index contributed by atoms with van der Waals surface area (Å²) in [6, 6.07) is 11.0. The number of aliphatic hydroxyl groups is 1. The van der Waals surface area contributed by atoms with Crippen LogP contribution in [-0.4, -0.2) is 42.9 Å². The summed E-state index contributed by atoms with van der Waals surface area (Å²) in [4.78, 5) is 3.53. The predicted octanol–water partition coefficient (Wildman–Crippen LogP) is 3.75. The van der Waals surface area contributed by atoms with Crippen LogP contribution in [0.3, 0.4) is 0 Å². The second-order valence-electron chi connectivity index (χ2n) is 6.31. The number of benzene rings is 1. The zero-order chi connectivity index (χ0) is 15.8. The summed E-state index contributed by atoms with van der Waals surface area (Å²) in [6.07, 6.45) is 1.44. The largest absolute Gasteiger partial charge is 0.395 e. The third-order valence-electron chi connectivity index (χ3n) is 4.70. The average Bonchev–Trinajstić information content (AvgIpc) is 3.12. The molecule has 0 spiro atoms. The van der Waals surface area contributed by atoms with Crippen LogP contribution in [0, 0.1) is 0 Å². The minimum absolute atomic E-state index is 0.167. The van der Waals surface area contributed by atoms with Gasteiger partial charge in [0.25, 0.3) is 0 Å². The summed E-state index contributed by atoms with van der Waals surface area (Å²) in [5.41, 5.74) is 2.78. The molecule has 3 nitrogen and oxygen atoms in total. The fourth-order valence-corrected chi connectivity index (χ4v) is 5.92. The van der Waals surface area contributed by atoms with Gasteiger partial charge in [-0.1, -0.05) is 30.0 Å². The minimum atomic E-state index is 0.167. The van der Waals surface area contributed by atoms with E-state index in [1.54, 1.807) is 0 Å². The van der Waals surface area contributed by atoms with Gasteiger partial charge in [0.1, 0.15) is 0 Å². The Morgan fingerprint density at radius 3 is 3.00 bits per heavy atom. The molecule has 1 fully saturated rings. The third kappa shape index (κ3) is 2.96. The van der Waals surface area contributed by atoms with Crippen LogP contribution in [-0.2, 0) is 4.74 Å². The molecule has 3 atom stereocenters. The molecule has 122 valence electrons. The molecule has 4 rings (SSSR count). The van der Waals surface area contributed by atoms with E-state index in [9.17, 15) is 0 Å². The van der Waals surface area contributed by atoms with Gasteiger partial charge in [-0.05, 0) is 36.5 Å². The van der Waals surface area contributed by atoms with Gasteiger partial charge in [0.15, 0.2) is 0 Å². The highest BCUT2D eigenvalue weighted by molar-refractivity contribution is 8.01. The number of rotatable bonds is 4. The molecule has 2 aliphatic heterocycles. The number of likely N-dealkylation sites (N-methyl/N-ethyl adjacent to an activating group) is 1. The maximum absolute atomic E-state index is 9.10. The molecule has 0 saturated carbocycles. The molecule has 3 unspecified atom stereocenters. The van der Waals surface area contributed by atoms with Gasteiger partial charge in [-0.3, -0.25) is 0 Å². The molecule has 0 bridgehead atoms. The van der Waals surface area contributed by atoms with E-state index < -0.39 is 0 Å². The molecule has 0 aliphatic carbocycles. The van der Waals surface area contributed by atoms with Crippen LogP contribution in [0.25, 0.3) is 0 Å². The molecule has 5 heteroatoms. The van der Waals surface area contributed by atoms with Gasteiger partial charge in [-0.15, -0.1) is 11.3 Å².